The number of amides is 1. The van der Waals surface area contributed by atoms with Crippen LogP contribution < -0.4 is 15.4 Å². The van der Waals surface area contributed by atoms with Gasteiger partial charge in [-0.2, -0.15) is 0 Å². The maximum atomic E-state index is 15.1. The fourth-order valence-electron chi connectivity index (χ4n) is 7.26. The van der Waals surface area contributed by atoms with Crippen molar-refractivity contribution in [1.29, 1.82) is 0 Å². The molecule has 4 fully saturated rings. The maximum Gasteiger partial charge on any atom is 0.413 e. The average Bonchev–Trinajstić information content (AvgIpc) is 2.86. The van der Waals surface area contributed by atoms with E-state index >= 15 is 4.39 Å². The first-order valence-electron chi connectivity index (χ1n) is 13.0. The lowest BCUT2D eigenvalue weighted by molar-refractivity contribution is -0.0934. The molecule has 3 aromatic rings. The third-order valence-corrected chi connectivity index (χ3v) is 8.66. The van der Waals surface area contributed by atoms with Gasteiger partial charge in [0.05, 0.1) is 0 Å². The Balaban J connectivity index is 1.14. The number of ether oxygens (including phenoxy) is 2. The number of pyridine rings is 2. The molecule has 1 aliphatic heterocycles. The summed E-state index contributed by atoms with van der Waals surface area (Å²) >= 11 is 0. The van der Waals surface area contributed by atoms with Gasteiger partial charge in [-0.05, 0) is 91.8 Å². The number of nitrogens with zero attached hydrogens (tertiary/aromatic N) is 2. The number of rotatable bonds is 3. The van der Waals surface area contributed by atoms with Gasteiger partial charge in [0, 0.05) is 35.5 Å². The lowest BCUT2D eigenvalue weighted by Crippen LogP contribution is -2.50. The van der Waals surface area contributed by atoms with E-state index in [2.05, 4.69) is 20.6 Å². The summed E-state index contributed by atoms with van der Waals surface area (Å²) in [6, 6.07) is 5.01. The van der Waals surface area contributed by atoms with Crippen molar-refractivity contribution in [3.63, 3.8) is 0 Å². The normalized spacial score (nSPS) is 27.8. The zero-order valence-corrected chi connectivity index (χ0v) is 20.2. The van der Waals surface area contributed by atoms with Crippen molar-refractivity contribution < 1.29 is 18.7 Å². The first kappa shape index (κ1) is 21.8. The van der Waals surface area contributed by atoms with E-state index in [1.165, 1.54) is 38.2 Å². The maximum absolute atomic E-state index is 15.1. The summed E-state index contributed by atoms with van der Waals surface area (Å²) in [5.41, 5.74) is 2.81. The standard InChI is InChI=1S/C28H29FN4O3/c1-14-22(13-32-27-25(14)30-2-3-35-27)21-9-17-11-24(31-12-20(17)10-23(21)29)33-28(34)36-26-18-5-15-4-16(7-18)8-19(26)6-15/h9-13,15-16,18-19,26,30H,2-8H2,1H3,(H,31,33,34). The number of carbonyl (C=O) groups is 1. The quantitative estimate of drug-likeness (QED) is 0.476. The Morgan fingerprint density at radius 2 is 1.81 bits per heavy atom. The van der Waals surface area contributed by atoms with Gasteiger partial charge in [0.25, 0.3) is 0 Å². The van der Waals surface area contributed by atoms with Crippen LogP contribution >= 0.6 is 0 Å². The first-order chi connectivity index (χ1) is 17.5. The monoisotopic (exact) mass is 488 g/mol. The van der Waals surface area contributed by atoms with E-state index in [1.54, 1.807) is 24.5 Å². The van der Waals surface area contributed by atoms with Gasteiger partial charge < -0.3 is 14.8 Å². The molecular formula is C28H29FN4O3. The smallest absolute Gasteiger partial charge is 0.413 e. The van der Waals surface area contributed by atoms with E-state index < -0.39 is 6.09 Å². The predicted molar refractivity (Wildman–Crippen MR) is 135 cm³/mol. The molecule has 5 aliphatic rings. The molecule has 4 aliphatic carbocycles. The zero-order valence-electron chi connectivity index (χ0n) is 20.2. The van der Waals surface area contributed by atoms with Crippen molar-refractivity contribution >= 4 is 28.4 Å². The second kappa shape index (κ2) is 8.32. The highest BCUT2D eigenvalue weighted by atomic mass is 19.1. The van der Waals surface area contributed by atoms with Crippen molar-refractivity contribution in [2.75, 3.05) is 23.8 Å². The molecule has 2 N–H and O–H groups in total. The van der Waals surface area contributed by atoms with Gasteiger partial charge in [-0.3, -0.25) is 5.32 Å². The van der Waals surface area contributed by atoms with Crippen LogP contribution in [0.3, 0.4) is 0 Å². The van der Waals surface area contributed by atoms with Crippen molar-refractivity contribution in [1.82, 2.24) is 9.97 Å². The second-order valence-electron chi connectivity index (χ2n) is 10.9. The molecule has 3 heterocycles. The lowest BCUT2D eigenvalue weighted by atomic mass is 9.55. The first-order valence-corrected chi connectivity index (χ1v) is 13.0. The Kier molecular flexibility index (Phi) is 5.04. The highest BCUT2D eigenvalue weighted by molar-refractivity contribution is 5.92. The Morgan fingerprint density at radius 1 is 1.03 bits per heavy atom. The molecule has 1 aromatic carbocycles. The van der Waals surface area contributed by atoms with Crippen molar-refractivity contribution in [2.45, 2.75) is 45.1 Å². The van der Waals surface area contributed by atoms with E-state index in [4.69, 9.17) is 9.47 Å². The van der Waals surface area contributed by atoms with Crippen LogP contribution in [0.1, 0.15) is 37.7 Å². The van der Waals surface area contributed by atoms with Crippen molar-refractivity contribution in [2.24, 2.45) is 23.7 Å². The average molecular weight is 489 g/mol. The number of carbonyl (C=O) groups excluding carboxylic acids is 1. The molecule has 0 radical (unpaired) electrons. The number of fused-ring (bicyclic) bond motifs is 2. The minimum Gasteiger partial charge on any atom is -0.474 e. The second-order valence-corrected chi connectivity index (χ2v) is 10.9. The molecule has 8 heteroatoms. The number of benzene rings is 1. The molecule has 2 aromatic heterocycles. The van der Waals surface area contributed by atoms with Gasteiger partial charge >= 0.3 is 6.09 Å². The van der Waals surface area contributed by atoms with Crippen LogP contribution in [0.2, 0.25) is 0 Å². The highest BCUT2D eigenvalue weighted by Crippen LogP contribution is 2.54. The summed E-state index contributed by atoms with van der Waals surface area (Å²) in [5, 5.41) is 7.54. The summed E-state index contributed by atoms with van der Waals surface area (Å²) in [7, 11) is 0. The predicted octanol–water partition coefficient (Wildman–Crippen LogP) is 5.92. The summed E-state index contributed by atoms with van der Waals surface area (Å²) < 4.78 is 26.7. The van der Waals surface area contributed by atoms with E-state index in [0.717, 1.165) is 28.5 Å². The summed E-state index contributed by atoms with van der Waals surface area (Å²) in [6.07, 6.45) is 8.89. The Hall–Kier alpha value is -3.42. The van der Waals surface area contributed by atoms with E-state index in [9.17, 15) is 4.79 Å². The Labute approximate surface area is 208 Å². The molecule has 186 valence electrons. The Bertz CT molecular complexity index is 1350. The molecule has 1 amide bonds. The number of hydrogen-bond acceptors (Lipinski definition) is 6. The van der Waals surface area contributed by atoms with Gasteiger partial charge in [-0.15, -0.1) is 0 Å². The van der Waals surface area contributed by atoms with Crippen LogP contribution in [0.25, 0.3) is 21.9 Å². The fourth-order valence-corrected chi connectivity index (χ4v) is 7.26. The molecule has 0 saturated heterocycles. The van der Waals surface area contributed by atoms with E-state index in [-0.39, 0.29) is 11.9 Å². The SMILES string of the molecule is Cc1c(-c2cc3cc(NC(=O)OC4C5CC6CC(C5)CC4C6)ncc3cc2F)cnc2c1NCCO2. The molecule has 0 spiro atoms. The molecule has 7 nitrogen and oxygen atoms in total. The number of nitrogens with one attached hydrogen (secondary N) is 2. The van der Waals surface area contributed by atoms with Gasteiger partial charge in [-0.1, -0.05) is 0 Å². The van der Waals surface area contributed by atoms with Crippen LogP contribution in [0, 0.1) is 36.4 Å². The number of aromatic nitrogens is 2. The summed E-state index contributed by atoms with van der Waals surface area (Å²) in [6.45, 7) is 3.16. The molecule has 4 saturated carbocycles. The molecule has 36 heavy (non-hydrogen) atoms. The minimum absolute atomic E-state index is 0.0102. The van der Waals surface area contributed by atoms with Gasteiger partial charge in [0.1, 0.15) is 30.0 Å². The number of halogens is 1. The minimum atomic E-state index is -0.456. The van der Waals surface area contributed by atoms with Crippen molar-refractivity contribution in [3.8, 4) is 17.0 Å². The zero-order chi connectivity index (χ0) is 24.4. The van der Waals surface area contributed by atoms with Gasteiger partial charge in [0.2, 0.25) is 5.88 Å². The van der Waals surface area contributed by atoms with Gasteiger partial charge in [-0.25, -0.2) is 19.2 Å². The highest BCUT2D eigenvalue weighted by Gasteiger charge is 2.50. The molecular weight excluding hydrogens is 459 g/mol. The molecule has 8 rings (SSSR count). The molecule has 4 bridgehead atoms. The summed E-state index contributed by atoms with van der Waals surface area (Å²) in [4.78, 5) is 21.5. The fraction of sp³-hybridized carbons (Fsp3) is 0.464. The third-order valence-electron chi connectivity index (χ3n) is 8.66. The van der Waals surface area contributed by atoms with Crippen LogP contribution in [0.4, 0.5) is 20.7 Å². The third kappa shape index (κ3) is 3.65. The van der Waals surface area contributed by atoms with E-state index in [1.807, 2.05) is 6.92 Å². The van der Waals surface area contributed by atoms with Crippen molar-refractivity contribution in [3.05, 3.63) is 42.0 Å². The van der Waals surface area contributed by atoms with Crippen LogP contribution in [-0.4, -0.2) is 35.3 Å². The Morgan fingerprint density at radius 3 is 2.58 bits per heavy atom. The van der Waals surface area contributed by atoms with E-state index in [0.29, 0.717) is 53.2 Å². The number of anilines is 2. The largest absolute Gasteiger partial charge is 0.474 e. The van der Waals surface area contributed by atoms with Crippen LogP contribution in [-0.2, 0) is 4.74 Å². The summed E-state index contributed by atoms with van der Waals surface area (Å²) in [5.74, 6) is 3.22. The lowest BCUT2D eigenvalue weighted by Gasteiger charge is -2.53. The topological polar surface area (TPSA) is 85.4 Å². The van der Waals surface area contributed by atoms with Crippen LogP contribution in [0.5, 0.6) is 5.88 Å². The molecule has 0 unspecified atom stereocenters. The number of hydrogen-bond donors (Lipinski definition) is 2. The van der Waals surface area contributed by atoms with Gasteiger partial charge in [0.15, 0.2) is 0 Å². The molecule has 0 atom stereocenters. The van der Waals surface area contributed by atoms with Crippen LogP contribution in [0.15, 0.2) is 30.6 Å².